The van der Waals surface area contributed by atoms with Crippen molar-refractivity contribution < 1.29 is 24.2 Å². The molecule has 0 aromatic heterocycles. The van der Waals surface area contributed by atoms with Crippen LogP contribution in [0.1, 0.15) is 20.8 Å². The van der Waals surface area contributed by atoms with Gasteiger partial charge in [-0.3, -0.25) is 4.79 Å². The number of hydrogen-bond acceptors (Lipinski definition) is 4. The van der Waals surface area contributed by atoms with E-state index >= 15 is 0 Å². The average Bonchev–Trinajstić information content (AvgIpc) is 2.31. The number of carboxylic acids is 1. The maximum atomic E-state index is 11.9. The lowest BCUT2D eigenvalue weighted by Crippen LogP contribution is -2.48. The lowest BCUT2D eigenvalue weighted by molar-refractivity contribution is -0.137. The van der Waals surface area contributed by atoms with Crippen LogP contribution in [0.15, 0.2) is 0 Å². The fraction of sp³-hybridized carbons (Fsp3) is 0.833. The number of aliphatic carboxylic acids is 1. The summed E-state index contributed by atoms with van der Waals surface area (Å²) >= 11 is 0. The molecule has 7 nitrogen and oxygen atoms in total. The smallest absolute Gasteiger partial charge is 0.323 e. The zero-order valence-corrected chi connectivity index (χ0v) is 12.1. The Kier molecular flexibility index (Phi) is 8.09. The zero-order valence-electron chi connectivity index (χ0n) is 12.1. The molecule has 0 fully saturated rings. The first-order chi connectivity index (χ1) is 8.82. The van der Waals surface area contributed by atoms with E-state index in [0.717, 1.165) is 0 Å². The van der Waals surface area contributed by atoms with E-state index < -0.39 is 17.6 Å². The third-order valence-electron chi connectivity index (χ3n) is 2.38. The summed E-state index contributed by atoms with van der Waals surface area (Å²) in [5, 5.41) is 11.4. The van der Waals surface area contributed by atoms with Crippen LogP contribution in [0, 0.1) is 0 Å². The molecule has 0 unspecified atom stereocenters. The van der Waals surface area contributed by atoms with E-state index in [4.69, 9.17) is 14.6 Å². The SMILES string of the molecule is CCOC(C)(C)CNC(=O)N(CCOC)CC(=O)O. The van der Waals surface area contributed by atoms with Crippen molar-refractivity contribution in [1.29, 1.82) is 0 Å². The second-order valence-electron chi connectivity index (χ2n) is 4.66. The third kappa shape index (κ3) is 8.39. The standard InChI is InChI=1S/C12H24N2O5/c1-5-19-12(2,3)9-13-11(17)14(6-7-18-4)8-10(15)16/h5-9H2,1-4H3,(H,13,17)(H,15,16). The van der Waals surface area contributed by atoms with Crippen LogP contribution in [0.4, 0.5) is 4.79 Å². The first-order valence-electron chi connectivity index (χ1n) is 6.20. The summed E-state index contributed by atoms with van der Waals surface area (Å²) in [5.41, 5.74) is -0.486. The number of rotatable bonds is 9. The van der Waals surface area contributed by atoms with Gasteiger partial charge >= 0.3 is 12.0 Å². The van der Waals surface area contributed by atoms with Gasteiger partial charge in [-0.05, 0) is 20.8 Å². The van der Waals surface area contributed by atoms with Crippen molar-refractivity contribution in [2.75, 3.05) is 40.0 Å². The monoisotopic (exact) mass is 276 g/mol. The second kappa shape index (κ2) is 8.71. The van der Waals surface area contributed by atoms with Crippen LogP contribution in [-0.4, -0.2) is 67.6 Å². The Bertz CT molecular complexity index is 294. The van der Waals surface area contributed by atoms with Gasteiger partial charge in [0.25, 0.3) is 0 Å². The maximum absolute atomic E-state index is 11.9. The van der Waals surface area contributed by atoms with Gasteiger partial charge in [-0.1, -0.05) is 0 Å². The van der Waals surface area contributed by atoms with Gasteiger partial charge in [-0.2, -0.15) is 0 Å². The highest BCUT2D eigenvalue weighted by atomic mass is 16.5. The van der Waals surface area contributed by atoms with Gasteiger partial charge < -0.3 is 24.8 Å². The van der Waals surface area contributed by atoms with E-state index in [1.807, 2.05) is 20.8 Å². The topological polar surface area (TPSA) is 88.1 Å². The Morgan fingerprint density at radius 3 is 2.47 bits per heavy atom. The summed E-state index contributed by atoms with van der Waals surface area (Å²) in [6.45, 7) is 6.59. The number of nitrogens with one attached hydrogen (secondary N) is 1. The van der Waals surface area contributed by atoms with Gasteiger partial charge in [0.05, 0.1) is 12.2 Å². The van der Waals surface area contributed by atoms with E-state index in [9.17, 15) is 9.59 Å². The molecule has 7 heteroatoms. The van der Waals surface area contributed by atoms with Crippen molar-refractivity contribution in [1.82, 2.24) is 10.2 Å². The molecule has 0 aromatic rings. The quantitative estimate of drug-likeness (QED) is 0.642. The molecule has 0 saturated heterocycles. The highest BCUT2D eigenvalue weighted by molar-refractivity contribution is 5.80. The van der Waals surface area contributed by atoms with Gasteiger partial charge in [-0.15, -0.1) is 0 Å². The van der Waals surface area contributed by atoms with Crippen LogP contribution in [-0.2, 0) is 14.3 Å². The number of methoxy groups -OCH3 is 1. The van der Waals surface area contributed by atoms with Gasteiger partial charge in [0.15, 0.2) is 0 Å². The summed E-state index contributed by atoms with van der Waals surface area (Å²) in [5.74, 6) is -1.06. The number of hydrogen-bond donors (Lipinski definition) is 2. The van der Waals surface area contributed by atoms with Crippen molar-refractivity contribution in [3.8, 4) is 0 Å². The summed E-state index contributed by atoms with van der Waals surface area (Å²) in [6, 6.07) is -0.438. The molecule has 19 heavy (non-hydrogen) atoms. The van der Waals surface area contributed by atoms with Gasteiger partial charge in [0.1, 0.15) is 6.54 Å². The second-order valence-corrected chi connectivity index (χ2v) is 4.66. The largest absolute Gasteiger partial charge is 0.480 e. The van der Waals surface area contributed by atoms with E-state index in [1.165, 1.54) is 12.0 Å². The number of carboxylic acid groups (broad SMARTS) is 1. The number of carbonyl (C=O) groups excluding carboxylic acids is 1. The van der Waals surface area contributed by atoms with E-state index in [2.05, 4.69) is 5.32 Å². The molecule has 0 radical (unpaired) electrons. The minimum absolute atomic E-state index is 0.226. The highest BCUT2D eigenvalue weighted by Gasteiger charge is 2.22. The number of nitrogens with zero attached hydrogens (tertiary/aromatic N) is 1. The minimum atomic E-state index is -1.06. The number of urea groups is 1. The predicted octanol–water partition coefficient (Wildman–Crippen LogP) is 0.544. The van der Waals surface area contributed by atoms with Gasteiger partial charge in [0, 0.05) is 26.8 Å². The van der Waals surface area contributed by atoms with Crippen molar-refractivity contribution in [3.63, 3.8) is 0 Å². The minimum Gasteiger partial charge on any atom is -0.480 e. The van der Waals surface area contributed by atoms with Crippen molar-refractivity contribution in [2.45, 2.75) is 26.4 Å². The Hall–Kier alpha value is -1.34. The molecule has 0 bridgehead atoms. The maximum Gasteiger partial charge on any atom is 0.323 e. The molecule has 0 heterocycles. The number of ether oxygens (including phenoxy) is 2. The molecule has 0 atom stereocenters. The fourth-order valence-electron chi connectivity index (χ4n) is 1.46. The van der Waals surface area contributed by atoms with Crippen LogP contribution >= 0.6 is 0 Å². The Balaban J connectivity index is 4.34. The number of carbonyl (C=O) groups is 2. The number of amides is 2. The van der Waals surface area contributed by atoms with Crippen LogP contribution in [0.25, 0.3) is 0 Å². The average molecular weight is 276 g/mol. The first kappa shape index (κ1) is 17.7. The molecule has 0 rings (SSSR count). The summed E-state index contributed by atoms with van der Waals surface area (Å²) in [4.78, 5) is 23.8. The summed E-state index contributed by atoms with van der Waals surface area (Å²) in [6.07, 6.45) is 0. The van der Waals surface area contributed by atoms with Crippen molar-refractivity contribution in [3.05, 3.63) is 0 Å². The summed E-state index contributed by atoms with van der Waals surface area (Å²) < 4.78 is 10.3. The Morgan fingerprint density at radius 2 is 2.00 bits per heavy atom. The highest BCUT2D eigenvalue weighted by Crippen LogP contribution is 2.07. The molecule has 2 amide bonds. The van der Waals surface area contributed by atoms with Crippen LogP contribution in [0.5, 0.6) is 0 Å². The summed E-state index contributed by atoms with van der Waals surface area (Å²) in [7, 11) is 1.50. The fourth-order valence-corrected chi connectivity index (χ4v) is 1.46. The van der Waals surface area contributed by atoms with Gasteiger partial charge in [-0.25, -0.2) is 4.79 Å². The van der Waals surface area contributed by atoms with Gasteiger partial charge in [0.2, 0.25) is 0 Å². The first-order valence-corrected chi connectivity index (χ1v) is 6.20. The molecule has 0 aromatic carbocycles. The van der Waals surface area contributed by atoms with E-state index in [-0.39, 0.29) is 19.7 Å². The normalized spacial score (nSPS) is 11.2. The van der Waals surface area contributed by atoms with E-state index in [0.29, 0.717) is 13.2 Å². The van der Waals surface area contributed by atoms with Crippen molar-refractivity contribution >= 4 is 12.0 Å². The zero-order chi connectivity index (χ0) is 14.9. The van der Waals surface area contributed by atoms with Crippen LogP contribution < -0.4 is 5.32 Å². The van der Waals surface area contributed by atoms with Crippen LogP contribution in [0.2, 0.25) is 0 Å². The molecule has 0 spiro atoms. The van der Waals surface area contributed by atoms with Crippen molar-refractivity contribution in [2.24, 2.45) is 0 Å². The molecular formula is C12H24N2O5. The molecule has 0 saturated carbocycles. The molecule has 112 valence electrons. The molecular weight excluding hydrogens is 252 g/mol. The van der Waals surface area contributed by atoms with Crippen LogP contribution in [0.3, 0.4) is 0 Å². The molecule has 0 aliphatic rings. The lowest BCUT2D eigenvalue weighted by atomic mass is 10.1. The predicted molar refractivity (Wildman–Crippen MR) is 70.2 cm³/mol. The molecule has 0 aliphatic heterocycles. The Labute approximate surface area is 113 Å². The lowest BCUT2D eigenvalue weighted by Gasteiger charge is -2.27. The molecule has 0 aliphatic carbocycles. The third-order valence-corrected chi connectivity index (χ3v) is 2.38. The van der Waals surface area contributed by atoms with E-state index in [1.54, 1.807) is 0 Å². The molecule has 2 N–H and O–H groups in total. The Morgan fingerprint density at radius 1 is 1.37 bits per heavy atom.